The second-order valence-electron chi connectivity index (χ2n) is 2.00. The highest BCUT2D eigenvalue weighted by Crippen LogP contribution is 1.98. The SMILES string of the molecule is C[CH]Cc1[c]cccc1. The van der Waals surface area contributed by atoms with Crippen molar-refractivity contribution in [3.63, 3.8) is 0 Å². The summed E-state index contributed by atoms with van der Waals surface area (Å²) in [5.74, 6) is 0. The Morgan fingerprint density at radius 2 is 2.44 bits per heavy atom. The average Bonchev–Trinajstić information content (AvgIpc) is 1.91. The van der Waals surface area contributed by atoms with Crippen molar-refractivity contribution < 1.29 is 0 Å². The van der Waals surface area contributed by atoms with Gasteiger partial charge in [-0.25, -0.2) is 0 Å². The maximum absolute atomic E-state index is 3.14. The summed E-state index contributed by atoms with van der Waals surface area (Å²) in [7, 11) is 0. The Balaban J connectivity index is 2.61. The van der Waals surface area contributed by atoms with Crippen LogP contribution in [0.2, 0.25) is 0 Å². The smallest absolute Gasteiger partial charge is 0.0149 e. The molecule has 1 aromatic rings. The van der Waals surface area contributed by atoms with Crippen LogP contribution in [0.15, 0.2) is 24.3 Å². The summed E-state index contributed by atoms with van der Waals surface area (Å²) < 4.78 is 0. The highest BCUT2D eigenvalue weighted by molar-refractivity contribution is 5.14. The van der Waals surface area contributed by atoms with E-state index in [2.05, 4.69) is 25.5 Å². The number of hydrogen-bond acceptors (Lipinski definition) is 0. The molecule has 0 N–H and O–H groups in total. The molecule has 0 unspecified atom stereocenters. The molecule has 0 saturated carbocycles. The lowest BCUT2D eigenvalue weighted by atomic mass is 10.1. The molecule has 1 aromatic carbocycles. The van der Waals surface area contributed by atoms with E-state index in [1.807, 2.05) is 18.2 Å². The van der Waals surface area contributed by atoms with Crippen molar-refractivity contribution in [2.75, 3.05) is 0 Å². The molecule has 0 aliphatic rings. The summed E-state index contributed by atoms with van der Waals surface area (Å²) in [6.07, 6.45) is 3.16. The van der Waals surface area contributed by atoms with E-state index in [4.69, 9.17) is 0 Å². The van der Waals surface area contributed by atoms with Gasteiger partial charge in [-0.15, -0.1) is 0 Å². The van der Waals surface area contributed by atoms with Crippen molar-refractivity contribution in [2.24, 2.45) is 0 Å². The summed E-state index contributed by atoms with van der Waals surface area (Å²) in [6.45, 7) is 2.06. The van der Waals surface area contributed by atoms with Gasteiger partial charge < -0.3 is 0 Å². The van der Waals surface area contributed by atoms with Crippen LogP contribution in [0.5, 0.6) is 0 Å². The number of hydrogen-bond donors (Lipinski definition) is 0. The molecule has 0 fully saturated rings. The van der Waals surface area contributed by atoms with Gasteiger partial charge in [0.1, 0.15) is 0 Å². The van der Waals surface area contributed by atoms with Crippen molar-refractivity contribution in [1.82, 2.24) is 0 Å². The fraction of sp³-hybridized carbons (Fsp3) is 0.222. The summed E-state index contributed by atoms with van der Waals surface area (Å²) in [6, 6.07) is 11.2. The van der Waals surface area contributed by atoms with Gasteiger partial charge in [0.15, 0.2) is 0 Å². The fourth-order valence-corrected chi connectivity index (χ4v) is 0.777. The van der Waals surface area contributed by atoms with Crippen LogP contribution in [0.25, 0.3) is 0 Å². The van der Waals surface area contributed by atoms with Gasteiger partial charge in [0.25, 0.3) is 0 Å². The lowest BCUT2D eigenvalue weighted by Gasteiger charge is -1.92. The van der Waals surface area contributed by atoms with Crippen molar-refractivity contribution in [3.8, 4) is 0 Å². The van der Waals surface area contributed by atoms with Crippen LogP contribution in [-0.2, 0) is 6.42 Å². The molecule has 0 heterocycles. The van der Waals surface area contributed by atoms with Gasteiger partial charge in [-0.05, 0) is 24.5 Å². The van der Waals surface area contributed by atoms with Crippen LogP contribution < -0.4 is 0 Å². The molecular formula is C9H10. The molecule has 1 rings (SSSR count). The van der Waals surface area contributed by atoms with Gasteiger partial charge in [0.05, 0.1) is 0 Å². The van der Waals surface area contributed by atoms with E-state index in [9.17, 15) is 0 Å². The number of rotatable bonds is 2. The van der Waals surface area contributed by atoms with Gasteiger partial charge in [0.2, 0.25) is 0 Å². The van der Waals surface area contributed by atoms with Crippen LogP contribution in [0.4, 0.5) is 0 Å². The minimum Gasteiger partial charge on any atom is -0.0620 e. The van der Waals surface area contributed by atoms with E-state index in [1.165, 1.54) is 5.56 Å². The first-order chi connectivity index (χ1) is 4.43. The largest absolute Gasteiger partial charge is 0.0620 e. The highest BCUT2D eigenvalue weighted by atomic mass is 13.9. The fourth-order valence-electron chi connectivity index (χ4n) is 0.777. The first kappa shape index (κ1) is 6.34. The van der Waals surface area contributed by atoms with E-state index >= 15 is 0 Å². The van der Waals surface area contributed by atoms with Crippen LogP contribution >= 0.6 is 0 Å². The first-order valence-electron chi connectivity index (χ1n) is 3.17. The third kappa shape index (κ3) is 1.88. The second-order valence-corrected chi connectivity index (χ2v) is 2.00. The highest BCUT2D eigenvalue weighted by Gasteiger charge is 1.85. The molecule has 2 radical (unpaired) electrons. The predicted octanol–water partition coefficient (Wildman–Crippen LogP) is 2.25. The summed E-state index contributed by atoms with van der Waals surface area (Å²) >= 11 is 0. The molecule has 0 amide bonds. The molecular weight excluding hydrogens is 108 g/mol. The predicted molar refractivity (Wildman–Crippen MR) is 39.0 cm³/mol. The summed E-state index contributed by atoms with van der Waals surface area (Å²) in [5, 5.41) is 0. The Kier molecular flexibility index (Phi) is 2.32. The van der Waals surface area contributed by atoms with E-state index in [1.54, 1.807) is 0 Å². The van der Waals surface area contributed by atoms with Gasteiger partial charge >= 0.3 is 0 Å². The molecule has 0 nitrogen and oxygen atoms in total. The molecule has 0 bridgehead atoms. The van der Waals surface area contributed by atoms with E-state index in [0.29, 0.717) is 0 Å². The monoisotopic (exact) mass is 118 g/mol. The second kappa shape index (κ2) is 3.29. The molecule has 0 aromatic heterocycles. The molecule has 9 heavy (non-hydrogen) atoms. The Morgan fingerprint density at radius 3 is 3.00 bits per heavy atom. The van der Waals surface area contributed by atoms with E-state index in [0.717, 1.165) is 6.42 Å². The Morgan fingerprint density at radius 1 is 1.56 bits per heavy atom. The third-order valence-corrected chi connectivity index (χ3v) is 1.20. The quantitative estimate of drug-likeness (QED) is 0.558. The molecule has 0 aliphatic carbocycles. The third-order valence-electron chi connectivity index (χ3n) is 1.20. The van der Waals surface area contributed by atoms with Crippen molar-refractivity contribution in [3.05, 3.63) is 42.3 Å². The maximum Gasteiger partial charge on any atom is -0.0149 e. The Bertz CT molecular complexity index is 153. The average molecular weight is 118 g/mol. The molecule has 46 valence electrons. The minimum absolute atomic E-state index is 1.03. The van der Waals surface area contributed by atoms with Gasteiger partial charge in [0, 0.05) is 0 Å². The van der Waals surface area contributed by atoms with E-state index in [-0.39, 0.29) is 0 Å². The molecule has 0 spiro atoms. The van der Waals surface area contributed by atoms with Crippen LogP contribution in [-0.4, -0.2) is 0 Å². The molecule has 0 saturated heterocycles. The zero-order chi connectivity index (χ0) is 6.53. The summed E-state index contributed by atoms with van der Waals surface area (Å²) in [5.41, 5.74) is 1.26. The van der Waals surface area contributed by atoms with Crippen LogP contribution in [0, 0.1) is 12.5 Å². The normalized spacial score (nSPS) is 9.44. The molecule has 0 aliphatic heterocycles. The zero-order valence-corrected chi connectivity index (χ0v) is 5.59. The Hall–Kier alpha value is -0.780. The lowest BCUT2D eigenvalue weighted by Crippen LogP contribution is -1.80. The minimum atomic E-state index is 1.03. The van der Waals surface area contributed by atoms with Crippen molar-refractivity contribution in [2.45, 2.75) is 13.3 Å². The van der Waals surface area contributed by atoms with E-state index < -0.39 is 0 Å². The Labute approximate surface area is 56.5 Å². The van der Waals surface area contributed by atoms with Crippen molar-refractivity contribution in [1.29, 1.82) is 0 Å². The summed E-state index contributed by atoms with van der Waals surface area (Å²) in [4.78, 5) is 0. The molecule has 0 atom stereocenters. The van der Waals surface area contributed by atoms with Gasteiger partial charge in [-0.3, -0.25) is 0 Å². The van der Waals surface area contributed by atoms with Gasteiger partial charge in [-0.1, -0.05) is 31.2 Å². The van der Waals surface area contributed by atoms with Crippen LogP contribution in [0.3, 0.4) is 0 Å². The zero-order valence-electron chi connectivity index (χ0n) is 5.59. The van der Waals surface area contributed by atoms with Crippen molar-refractivity contribution >= 4 is 0 Å². The van der Waals surface area contributed by atoms with Crippen LogP contribution in [0.1, 0.15) is 12.5 Å². The molecule has 0 heteroatoms. The standard InChI is InChI=1S/C9H10/c1-2-6-9-7-4-3-5-8-9/h2-5,7H,6H2,1H3. The topological polar surface area (TPSA) is 0 Å². The first-order valence-corrected chi connectivity index (χ1v) is 3.17. The maximum atomic E-state index is 3.14. The number of benzene rings is 1. The van der Waals surface area contributed by atoms with Gasteiger partial charge in [-0.2, -0.15) is 0 Å². The lowest BCUT2D eigenvalue weighted by molar-refractivity contribution is 1.14.